The van der Waals surface area contributed by atoms with Crippen LogP contribution in [0.3, 0.4) is 0 Å². The number of nitrogens with one attached hydrogen (secondary N) is 1. The van der Waals surface area contributed by atoms with Gasteiger partial charge in [-0.15, -0.1) is 10.1 Å². The molecule has 1 atom stereocenters. The number of rotatable bonds is 6. The average molecular weight is 453 g/mol. The summed E-state index contributed by atoms with van der Waals surface area (Å²) in [6.45, 7) is 4.74. The number of esters is 1. The first kappa shape index (κ1) is 25.4. The Morgan fingerprint density at radius 2 is 1.37 bits per heavy atom. The molecule has 1 unspecified atom stereocenters. The molecule has 0 aromatic carbocycles. The maximum Gasteiger partial charge on any atom is 0.375 e. The molecular weight excluding hydrogens is 432 g/mol. The molecule has 15 heteroatoms. The van der Waals surface area contributed by atoms with Crippen LogP contribution >= 0.6 is 11.8 Å². The normalized spacial score (nSPS) is 17.6. The zero-order chi connectivity index (χ0) is 23.1. The number of hydroxylamine groups is 4. The Morgan fingerprint density at radius 3 is 1.73 bits per heavy atom. The number of nitrogens with two attached hydrogens (primary N) is 1. The van der Waals surface area contributed by atoms with Gasteiger partial charge in [-0.05, 0) is 20.8 Å². The number of hydrogen-bond donors (Lipinski definition) is 2. The van der Waals surface area contributed by atoms with E-state index in [9.17, 15) is 28.8 Å². The minimum atomic E-state index is -1.88. The number of ether oxygens (including phenoxy) is 1. The molecule has 3 N–H and O–H groups in total. The van der Waals surface area contributed by atoms with Gasteiger partial charge in [-0.2, -0.15) is 4.94 Å². The van der Waals surface area contributed by atoms with Crippen LogP contribution in [0.25, 0.3) is 0 Å². The summed E-state index contributed by atoms with van der Waals surface area (Å²) in [5.41, 5.74) is -0.868. The van der Waals surface area contributed by atoms with Crippen LogP contribution in [0, 0.1) is 0 Å². The van der Waals surface area contributed by atoms with Gasteiger partial charge < -0.3 is 9.57 Å². The highest BCUT2D eigenvalue weighted by Gasteiger charge is 2.39. The Hall–Kier alpha value is -2.65. The van der Waals surface area contributed by atoms with E-state index in [-0.39, 0.29) is 37.5 Å². The van der Waals surface area contributed by atoms with Crippen LogP contribution in [-0.2, 0) is 48.1 Å². The zero-order valence-corrected chi connectivity index (χ0v) is 17.1. The van der Waals surface area contributed by atoms with Gasteiger partial charge >= 0.3 is 11.9 Å². The standard InChI is InChI=1S/C11H16N2O7.C4H5ClN2O3/c1-11(2,3)18-9(16)8(19-12)10(17)20-13-6(14)4-5-7(13)15;5-6-10-7-3(8)1-2-4(7)9/h8H,4-5,12H2,1-3H3;6H,1-2H2. The molecule has 0 aliphatic carbocycles. The van der Waals surface area contributed by atoms with E-state index in [4.69, 9.17) is 22.4 Å². The van der Waals surface area contributed by atoms with Crippen molar-refractivity contribution < 1.29 is 48.1 Å². The first-order chi connectivity index (χ1) is 13.9. The maximum absolute atomic E-state index is 11.7. The second-order valence-corrected chi connectivity index (χ2v) is 6.95. The Bertz CT molecular complexity index is 691. The van der Waals surface area contributed by atoms with E-state index in [1.807, 2.05) is 0 Å². The van der Waals surface area contributed by atoms with E-state index >= 15 is 0 Å². The molecule has 2 rings (SSSR count). The van der Waals surface area contributed by atoms with Crippen molar-refractivity contribution >= 4 is 47.3 Å². The summed E-state index contributed by atoms with van der Waals surface area (Å²) in [5, 5.41) is 0.895. The average Bonchev–Trinajstić information content (AvgIpc) is 3.12. The van der Waals surface area contributed by atoms with Gasteiger partial charge in [0.15, 0.2) is 0 Å². The first-order valence-electron chi connectivity index (χ1n) is 8.45. The number of imide groups is 2. The Labute approximate surface area is 175 Å². The molecule has 2 fully saturated rings. The minimum Gasteiger partial charge on any atom is -0.458 e. The molecule has 0 spiro atoms. The lowest BCUT2D eigenvalue weighted by molar-refractivity contribution is -0.210. The maximum atomic E-state index is 11.7. The van der Waals surface area contributed by atoms with Gasteiger partial charge in [-0.3, -0.25) is 24.0 Å². The SMILES string of the molecule is CC(C)(C)OC(=O)C(ON)C(=O)ON1C(=O)CCC1=O.O=C1CCC(=O)N1ONCl. The van der Waals surface area contributed by atoms with Gasteiger partial charge in [0.1, 0.15) is 5.60 Å². The lowest BCUT2D eigenvalue weighted by Crippen LogP contribution is -2.44. The summed E-state index contributed by atoms with van der Waals surface area (Å²) >= 11 is 4.89. The van der Waals surface area contributed by atoms with Crippen LogP contribution in [0.15, 0.2) is 0 Å². The number of carbonyl (C=O) groups excluding carboxylic acids is 6. The van der Waals surface area contributed by atoms with Crippen molar-refractivity contribution in [2.45, 2.75) is 58.2 Å². The van der Waals surface area contributed by atoms with Crippen LogP contribution in [0.5, 0.6) is 0 Å². The van der Waals surface area contributed by atoms with Crippen LogP contribution in [0.4, 0.5) is 0 Å². The van der Waals surface area contributed by atoms with E-state index in [2.05, 4.69) is 14.6 Å². The third kappa shape index (κ3) is 7.31. The van der Waals surface area contributed by atoms with Crippen molar-refractivity contribution in [2.75, 3.05) is 0 Å². The van der Waals surface area contributed by atoms with Gasteiger partial charge in [0.05, 0.1) is 0 Å². The van der Waals surface area contributed by atoms with Crippen molar-refractivity contribution in [1.29, 1.82) is 0 Å². The molecular formula is C15H21ClN4O10. The number of nitrogens with zero attached hydrogens (tertiary/aromatic N) is 2. The minimum absolute atomic E-state index is 0.0628. The largest absolute Gasteiger partial charge is 0.458 e. The molecule has 14 nitrogen and oxygen atoms in total. The van der Waals surface area contributed by atoms with E-state index in [1.165, 1.54) is 0 Å². The Balaban J connectivity index is 0.000000375. The fraction of sp³-hybridized carbons (Fsp3) is 0.600. The van der Waals surface area contributed by atoms with E-state index < -0.39 is 35.5 Å². The smallest absolute Gasteiger partial charge is 0.375 e. The molecule has 4 amide bonds. The van der Waals surface area contributed by atoms with Crippen molar-refractivity contribution in [3.8, 4) is 0 Å². The second-order valence-electron chi connectivity index (χ2n) is 6.79. The van der Waals surface area contributed by atoms with Crippen molar-refractivity contribution in [2.24, 2.45) is 5.90 Å². The van der Waals surface area contributed by atoms with Gasteiger partial charge in [-0.25, -0.2) is 15.5 Å². The van der Waals surface area contributed by atoms with E-state index in [0.29, 0.717) is 10.1 Å². The van der Waals surface area contributed by atoms with Crippen LogP contribution in [0.2, 0.25) is 0 Å². The zero-order valence-electron chi connectivity index (χ0n) is 16.3. The monoisotopic (exact) mass is 452 g/mol. The third-order valence-corrected chi connectivity index (χ3v) is 3.36. The van der Waals surface area contributed by atoms with Gasteiger partial charge in [0.25, 0.3) is 29.7 Å². The molecule has 2 saturated heterocycles. The van der Waals surface area contributed by atoms with Gasteiger partial charge in [0, 0.05) is 37.5 Å². The van der Waals surface area contributed by atoms with E-state index in [1.54, 1.807) is 25.8 Å². The Morgan fingerprint density at radius 1 is 0.933 bits per heavy atom. The molecule has 0 aromatic rings. The fourth-order valence-electron chi connectivity index (χ4n) is 2.05. The lowest BCUT2D eigenvalue weighted by Gasteiger charge is -2.22. The molecule has 168 valence electrons. The third-order valence-electron chi connectivity index (χ3n) is 3.29. The van der Waals surface area contributed by atoms with Gasteiger partial charge in [0.2, 0.25) is 0 Å². The summed E-state index contributed by atoms with van der Waals surface area (Å²) in [7, 11) is 0. The van der Waals surface area contributed by atoms with Crippen molar-refractivity contribution in [3.63, 3.8) is 0 Å². The molecule has 30 heavy (non-hydrogen) atoms. The summed E-state index contributed by atoms with van der Waals surface area (Å²) in [5.74, 6) is 0.358. The molecule has 0 saturated carbocycles. The summed E-state index contributed by atoms with van der Waals surface area (Å²) < 4.78 is 4.90. The lowest BCUT2D eigenvalue weighted by atomic mass is 10.2. The molecule has 0 radical (unpaired) electrons. The predicted octanol–water partition coefficient (Wildman–Crippen LogP) is -1.08. The molecule has 0 aromatic heterocycles. The topological polar surface area (TPSA) is 184 Å². The molecule has 2 heterocycles. The summed E-state index contributed by atoms with van der Waals surface area (Å²) in [4.78, 5) is 81.9. The van der Waals surface area contributed by atoms with Gasteiger partial charge in [-0.1, -0.05) is 5.00 Å². The first-order valence-corrected chi connectivity index (χ1v) is 8.83. The number of hydrogen-bond acceptors (Lipinski definition) is 12. The highest BCUT2D eigenvalue weighted by molar-refractivity contribution is 6.12. The summed E-state index contributed by atoms with van der Waals surface area (Å²) in [6.07, 6.45) is -1.62. The molecule has 2 aliphatic heterocycles. The number of halogens is 1. The summed E-state index contributed by atoms with van der Waals surface area (Å²) in [6, 6.07) is 0. The highest BCUT2D eigenvalue weighted by atomic mass is 35.5. The fourth-order valence-corrected chi connectivity index (χ4v) is 2.12. The molecule has 0 bridgehead atoms. The van der Waals surface area contributed by atoms with Crippen molar-refractivity contribution in [1.82, 2.24) is 15.1 Å². The molecule has 2 aliphatic rings. The highest BCUT2D eigenvalue weighted by Crippen LogP contribution is 2.15. The predicted molar refractivity (Wildman–Crippen MR) is 93.2 cm³/mol. The second kappa shape index (κ2) is 10.9. The van der Waals surface area contributed by atoms with Crippen LogP contribution < -0.4 is 10.9 Å². The number of amides is 4. The van der Waals surface area contributed by atoms with Crippen molar-refractivity contribution in [3.05, 3.63) is 0 Å². The van der Waals surface area contributed by atoms with Crippen LogP contribution in [0.1, 0.15) is 46.5 Å². The Kier molecular flexibility index (Phi) is 9.25. The van der Waals surface area contributed by atoms with Crippen LogP contribution in [-0.4, -0.2) is 57.4 Å². The number of carbonyl (C=O) groups is 6. The van der Waals surface area contributed by atoms with E-state index in [0.717, 1.165) is 0 Å². The quantitative estimate of drug-likeness (QED) is 0.163.